The molecule has 14 nitrogen and oxygen atoms in total. The minimum absolute atomic E-state index is 0. The summed E-state index contributed by atoms with van der Waals surface area (Å²) < 4.78 is 91.3. The molecule has 0 amide bonds. The van der Waals surface area contributed by atoms with E-state index in [1.165, 1.54) is 0 Å². The molecule has 0 saturated carbocycles. The largest absolute Gasteiger partial charge is 0.412 e. The first-order valence-electron chi connectivity index (χ1n) is 2.13. The smallest absolute Gasteiger partial charge is 0.299 e. The van der Waals surface area contributed by atoms with Crippen LogP contribution in [0.1, 0.15) is 0 Å². The van der Waals surface area contributed by atoms with Gasteiger partial charge in [0.15, 0.2) is 0 Å². The third-order valence-electron chi connectivity index (χ3n) is 0. The molecule has 0 heterocycles. The minimum Gasteiger partial charge on any atom is -0.412 e. The summed E-state index contributed by atoms with van der Waals surface area (Å²) in [6.07, 6.45) is 0. The van der Waals surface area contributed by atoms with Crippen molar-refractivity contribution >= 4 is 45.4 Å². The van der Waals surface area contributed by atoms with Crippen LogP contribution < -0.4 is 0 Å². The van der Waals surface area contributed by atoms with E-state index in [1.54, 1.807) is 0 Å². The second-order valence-corrected chi connectivity index (χ2v) is 2.77. The van der Waals surface area contributed by atoms with E-state index < -0.39 is 45.4 Å². The van der Waals surface area contributed by atoms with Crippen molar-refractivity contribution in [1.29, 1.82) is 0 Å². The summed E-state index contributed by atoms with van der Waals surface area (Å²) in [7, 11) is 0. The molecule has 0 fully saturated rings. The van der Waals surface area contributed by atoms with E-state index in [1.807, 2.05) is 0 Å². The molecule has 0 atom stereocenters. The summed E-state index contributed by atoms with van der Waals surface area (Å²) in [5.41, 5.74) is 0. The summed E-state index contributed by atoms with van der Waals surface area (Å²) in [4.78, 5) is 0. The Bertz CT molecular complexity index is 159. The van der Waals surface area contributed by atoms with Gasteiger partial charge in [-0.15, -0.1) is 0 Å². The molecule has 130 valence electrons. The maximum absolute atomic E-state index is 8.67. The van der Waals surface area contributed by atoms with Crippen LogP contribution in [0.25, 0.3) is 0 Å². The van der Waals surface area contributed by atoms with Gasteiger partial charge in [-0.1, -0.05) is 0 Å². The Morgan fingerprint density at radius 3 is 0.421 bits per heavy atom. The molecule has 0 aromatic carbocycles. The second kappa shape index (κ2) is 36.4. The van der Waals surface area contributed by atoms with E-state index >= 15 is 0 Å². The Kier molecular flexibility index (Phi) is 81.8. The van der Waals surface area contributed by atoms with Gasteiger partial charge < -0.3 is 11.0 Å². The summed E-state index contributed by atoms with van der Waals surface area (Å²) in [6, 6.07) is 0. The van der Waals surface area contributed by atoms with Crippen molar-refractivity contribution in [2.45, 2.75) is 0 Å². The zero-order valence-electron chi connectivity index (χ0n) is 8.16. The average Bonchev–Trinajstić information content (AvgIpc) is 1.76. The Hall–Kier alpha value is 0.862. The fourth-order valence-corrected chi connectivity index (χ4v) is 0. The quantitative estimate of drug-likeness (QED) is 0.130. The molecule has 0 unspecified atom stereocenters. The molecule has 0 aromatic rings. The van der Waals surface area contributed by atoms with Crippen molar-refractivity contribution in [3.63, 3.8) is 0 Å². The fraction of sp³-hybridized carbons (Fsp3) is 0. The van der Waals surface area contributed by atoms with E-state index in [4.69, 9.17) is 53.3 Å². The molecule has 0 aromatic heterocycles. The molecule has 19 heavy (non-hydrogen) atoms. The van der Waals surface area contributed by atoms with Crippen LogP contribution in [0.2, 0.25) is 0 Å². The first kappa shape index (κ1) is 42.7. The molecule has 0 aliphatic carbocycles. The van der Waals surface area contributed by atoms with Crippen LogP contribution in [0.15, 0.2) is 0 Å². The molecule has 0 bridgehead atoms. The third-order valence-corrected chi connectivity index (χ3v) is 0. The van der Waals surface area contributed by atoms with Crippen molar-refractivity contribution in [2.75, 3.05) is 0 Å². The summed E-state index contributed by atoms with van der Waals surface area (Å²) in [5, 5.41) is 0. The van der Waals surface area contributed by atoms with Crippen LogP contribution in [0.4, 0.5) is 0 Å². The number of rotatable bonds is 0. The van der Waals surface area contributed by atoms with Gasteiger partial charge in [0.1, 0.15) is 0 Å². The molecule has 12 N–H and O–H groups in total. The standard InChI is InChI=1S/4H2O3S.2H2O.Pd/c4*1-4(2)3;;;/h4*(H2,1,2,3);2*1H2;. The third kappa shape index (κ3) is 7210. The molecular weight excluding hydrogens is 459 g/mol. The summed E-state index contributed by atoms with van der Waals surface area (Å²) in [5.74, 6) is 0. The maximum Gasteiger partial charge on any atom is 0.299 e. The topological polar surface area (TPSA) is 293 Å². The molecule has 0 rings (SSSR count). The Balaban J connectivity index is -0.0000000192. The summed E-state index contributed by atoms with van der Waals surface area (Å²) >= 11 is -10.4. The predicted molar refractivity (Wildman–Crippen MR) is 60.8 cm³/mol. The molecular formula is H12O14PdS4. The monoisotopic (exact) mass is 470 g/mol. The van der Waals surface area contributed by atoms with E-state index in [0.29, 0.717) is 0 Å². The van der Waals surface area contributed by atoms with Crippen LogP contribution in [-0.4, -0.2) is 64.2 Å². The second-order valence-electron chi connectivity index (χ2n) is 0.923. The van der Waals surface area contributed by atoms with Crippen molar-refractivity contribution in [3.05, 3.63) is 0 Å². The van der Waals surface area contributed by atoms with Crippen LogP contribution in [0.5, 0.6) is 0 Å². The molecule has 0 spiro atoms. The van der Waals surface area contributed by atoms with E-state index in [0.717, 1.165) is 0 Å². The zero-order valence-corrected chi connectivity index (χ0v) is 13.0. The van der Waals surface area contributed by atoms with Gasteiger partial charge in [-0.3, -0.25) is 36.4 Å². The molecule has 0 radical (unpaired) electrons. The molecule has 0 saturated heterocycles. The van der Waals surface area contributed by atoms with Gasteiger partial charge in [-0.25, -0.2) is 0 Å². The SMILES string of the molecule is O.O.O=S(O)O.O=S(O)O.O=S(O)O.O=S(O)O.[Pd]. The van der Waals surface area contributed by atoms with E-state index in [9.17, 15) is 0 Å². The van der Waals surface area contributed by atoms with Gasteiger partial charge in [0.25, 0.3) is 45.4 Å². The van der Waals surface area contributed by atoms with Crippen molar-refractivity contribution in [3.8, 4) is 0 Å². The first-order chi connectivity index (χ1) is 6.93. The Morgan fingerprint density at radius 2 is 0.421 bits per heavy atom. The van der Waals surface area contributed by atoms with Gasteiger partial charge in [-0.2, -0.15) is 16.8 Å². The predicted octanol–water partition coefficient (Wildman–Crippen LogP) is -2.93. The Labute approximate surface area is 130 Å². The van der Waals surface area contributed by atoms with Crippen molar-refractivity contribution < 1.29 is 84.6 Å². The van der Waals surface area contributed by atoms with Crippen LogP contribution >= 0.6 is 0 Å². The molecule has 0 aliphatic heterocycles. The Morgan fingerprint density at radius 1 is 0.421 bits per heavy atom. The van der Waals surface area contributed by atoms with Gasteiger partial charge in [0.2, 0.25) is 0 Å². The zero-order chi connectivity index (χ0) is 14.3. The summed E-state index contributed by atoms with van der Waals surface area (Å²) in [6.45, 7) is 0. The normalized spacial score (nSPS) is 7.37. The van der Waals surface area contributed by atoms with Crippen molar-refractivity contribution in [1.82, 2.24) is 0 Å². The minimum atomic E-state index is -2.61. The van der Waals surface area contributed by atoms with Crippen LogP contribution in [-0.2, 0) is 65.9 Å². The first-order valence-corrected chi connectivity index (χ1v) is 6.38. The van der Waals surface area contributed by atoms with Gasteiger partial charge >= 0.3 is 0 Å². The molecule has 19 heteroatoms. The van der Waals surface area contributed by atoms with Crippen LogP contribution in [0.3, 0.4) is 0 Å². The number of hydrogen-bond acceptors (Lipinski definition) is 4. The van der Waals surface area contributed by atoms with E-state index in [-0.39, 0.29) is 31.4 Å². The van der Waals surface area contributed by atoms with E-state index in [2.05, 4.69) is 0 Å². The van der Waals surface area contributed by atoms with Crippen LogP contribution in [0, 0.1) is 0 Å². The fourth-order valence-electron chi connectivity index (χ4n) is 0. The molecule has 0 aliphatic rings. The number of hydrogen-bond donors (Lipinski definition) is 8. The van der Waals surface area contributed by atoms with Crippen molar-refractivity contribution in [2.24, 2.45) is 0 Å². The average molecular weight is 471 g/mol. The van der Waals surface area contributed by atoms with Gasteiger partial charge in [0, 0.05) is 20.4 Å². The van der Waals surface area contributed by atoms with Gasteiger partial charge in [0.05, 0.1) is 0 Å². The van der Waals surface area contributed by atoms with Gasteiger partial charge in [-0.05, 0) is 0 Å². The maximum atomic E-state index is 8.67.